The molecule has 0 radical (unpaired) electrons. The van der Waals surface area contributed by atoms with Gasteiger partial charge in [-0.2, -0.15) is 11.8 Å². The Hall–Kier alpha value is 0.310. The van der Waals surface area contributed by atoms with Gasteiger partial charge in [-0.25, -0.2) is 0 Å². The zero-order valence-electron chi connectivity index (χ0n) is 13.2. The predicted molar refractivity (Wildman–Crippen MR) is 90.1 cm³/mol. The Balaban J connectivity index is 2.88. The van der Waals surface area contributed by atoms with Crippen LogP contribution in [0.5, 0.6) is 0 Å². The third-order valence-electron chi connectivity index (χ3n) is 3.63. The molecule has 0 aromatic rings. The highest BCUT2D eigenvalue weighted by Gasteiger charge is 1.94. The zero-order valence-corrected chi connectivity index (χ0v) is 14.0. The number of hydrogen-bond donors (Lipinski definition) is 1. The van der Waals surface area contributed by atoms with E-state index in [9.17, 15) is 0 Å². The lowest BCUT2D eigenvalue weighted by atomic mass is 10.1. The van der Waals surface area contributed by atoms with E-state index in [0.717, 1.165) is 5.75 Å². The Morgan fingerprint density at radius 2 is 1.00 bits per heavy atom. The molecule has 0 aliphatic heterocycles. The van der Waals surface area contributed by atoms with Gasteiger partial charge in [0.1, 0.15) is 0 Å². The summed E-state index contributed by atoms with van der Waals surface area (Å²) in [6.45, 7) is 2.62. The normalized spacial score (nSPS) is 11.1. The fourth-order valence-electron chi connectivity index (χ4n) is 2.39. The molecule has 0 unspecified atom stereocenters. The fraction of sp³-hybridized carbons (Fsp3) is 1.00. The molecular weight excluding hydrogens is 252 g/mol. The lowest BCUT2D eigenvalue weighted by Crippen LogP contribution is -1.89. The van der Waals surface area contributed by atoms with Crippen molar-refractivity contribution in [3.63, 3.8) is 0 Å². The SMILES string of the molecule is CCCCCCCCCCCCCCCSCCO. The van der Waals surface area contributed by atoms with Gasteiger partial charge in [-0.05, 0) is 12.2 Å². The van der Waals surface area contributed by atoms with E-state index in [-0.39, 0.29) is 0 Å². The van der Waals surface area contributed by atoms with E-state index in [4.69, 9.17) is 5.11 Å². The molecule has 0 saturated carbocycles. The highest BCUT2D eigenvalue weighted by Crippen LogP contribution is 2.13. The summed E-state index contributed by atoms with van der Waals surface area (Å²) in [6, 6.07) is 0. The van der Waals surface area contributed by atoms with Gasteiger partial charge in [0.2, 0.25) is 0 Å². The van der Waals surface area contributed by atoms with Crippen molar-refractivity contribution < 1.29 is 5.11 Å². The van der Waals surface area contributed by atoms with Crippen molar-refractivity contribution >= 4 is 11.8 Å². The fourth-order valence-corrected chi connectivity index (χ4v) is 3.13. The van der Waals surface area contributed by atoms with Crippen molar-refractivity contribution in [2.24, 2.45) is 0 Å². The summed E-state index contributed by atoms with van der Waals surface area (Å²) >= 11 is 1.89. The van der Waals surface area contributed by atoms with Crippen molar-refractivity contribution in [2.75, 3.05) is 18.1 Å². The number of unbranched alkanes of at least 4 members (excludes halogenated alkanes) is 12. The van der Waals surface area contributed by atoms with Crippen LogP contribution in [0.4, 0.5) is 0 Å². The van der Waals surface area contributed by atoms with E-state index in [1.54, 1.807) is 0 Å². The first kappa shape index (κ1) is 19.3. The molecule has 1 nitrogen and oxygen atoms in total. The minimum absolute atomic E-state index is 0.336. The van der Waals surface area contributed by atoms with Crippen LogP contribution < -0.4 is 0 Å². The summed E-state index contributed by atoms with van der Waals surface area (Å²) in [5, 5.41) is 8.65. The standard InChI is InChI=1S/C17H36OS/c1-2-3-4-5-6-7-8-9-10-11-12-13-14-16-19-17-15-18/h18H,2-17H2,1H3. The van der Waals surface area contributed by atoms with E-state index < -0.39 is 0 Å². The molecule has 0 aromatic carbocycles. The molecule has 19 heavy (non-hydrogen) atoms. The maximum atomic E-state index is 8.65. The lowest BCUT2D eigenvalue weighted by Gasteiger charge is -2.03. The second-order valence-electron chi connectivity index (χ2n) is 5.58. The van der Waals surface area contributed by atoms with Crippen LogP contribution in [0.1, 0.15) is 90.4 Å². The molecule has 0 atom stereocenters. The molecule has 0 aliphatic carbocycles. The summed E-state index contributed by atoms with van der Waals surface area (Å²) < 4.78 is 0. The minimum atomic E-state index is 0.336. The van der Waals surface area contributed by atoms with Crippen LogP contribution in [0.3, 0.4) is 0 Å². The van der Waals surface area contributed by atoms with Gasteiger partial charge in [0.15, 0.2) is 0 Å². The molecule has 0 saturated heterocycles. The first-order valence-corrected chi connectivity index (χ1v) is 9.76. The summed E-state index contributed by atoms with van der Waals surface area (Å²) in [7, 11) is 0. The highest BCUT2D eigenvalue weighted by molar-refractivity contribution is 7.99. The van der Waals surface area contributed by atoms with Gasteiger partial charge in [-0.15, -0.1) is 0 Å². The molecule has 0 rings (SSSR count). The van der Waals surface area contributed by atoms with Crippen molar-refractivity contribution in [2.45, 2.75) is 90.4 Å². The molecule has 0 heterocycles. The molecule has 0 fully saturated rings. The van der Waals surface area contributed by atoms with Gasteiger partial charge in [0, 0.05) is 5.75 Å². The number of rotatable bonds is 16. The van der Waals surface area contributed by atoms with Gasteiger partial charge in [0.05, 0.1) is 6.61 Å². The Morgan fingerprint density at radius 1 is 0.579 bits per heavy atom. The van der Waals surface area contributed by atoms with E-state index in [1.165, 1.54) is 89.2 Å². The van der Waals surface area contributed by atoms with Gasteiger partial charge in [0.25, 0.3) is 0 Å². The summed E-state index contributed by atoms with van der Waals surface area (Å²) in [6.07, 6.45) is 18.5. The second-order valence-corrected chi connectivity index (χ2v) is 6.80. The van der Waals surface area contributed by atoms with Crippen molar-refractivity contribution in [1.29, 1.82) is 0 Å². The molecule has 116 valence electrons. The molecule has 0 aromatic heterocycles. The summed E-state index contributed by atoms with van der Waals surface area (Å²) in [5.74, 6) is 2.15. The third-order valence-corrected chi connectivity index (χ3v) is 4.68. The van der Waals surface area contributed by atoms with Gasteiger partial charge < -0.3 is 5.11 Å². The Kier molecular flexibility index (Phi) is 18.6. The molecular formula is C17H36OS. The molecule has 0 bridgehead atoms. The quantitative estimate of drug-likeness (QED) is 0.362. The first-order chi connectivity index (χ1) is 9.41. The van der Waals surface area contributed by atoms with E-state index in [2.05, 4.69) is 6.92 Å². The average molecular weight is 289 g/mol. The Bertz CT molecular complexity index is 134. The van der Waals surface area contributed by atoms with Gasteiger partial charge in [-0.1, -0.05) is 84.0 Å². The summed E-state index contributed by atoms with van der Waals surface area (Å²) in [4.78, 5) is 0. The lowest BCUT2D eigenvalue weighted by molar-refractivity contribution is 0.322. The van der Waals surface area contributed by atoms with Crippen molar-refractivity contribution in [3.8, 4) is 0 Å². The number of hydrogen-bond acceptors (Lipinski definition) is 2. The van der Waals surface area contributed by atoms with Crippen LogP contribution in [0, 0.1) is 0 Å². The first-order valence-electron chi connectivity index (χ1n) is 8.60. The van der Waals surface area contributed by atoms with E-state index in [1.807, 2.05) is 11.8 Å². The van der Waals surface area contributed by atoms with Crippen molar-refractivity contribution in [3.05, 3.63) is 0 Å². The van der Waals surface area contributed by atoms with Crippen LogP contribution >= 0.6 is 11.8 Å². The molecule has 1 N–H and O–H groups in total. The Labute approximate surface area is 125 Å². The van der Waals surface area contributed by atoms with Crippen LogP contribution in [0.25, 0.3) is 0 Å². The molecule has 0 spiro atoms. The largest absolute Gasteiger partial charge is 0.396 e. The second kappa shape index (κ2) is 18.3. The van der Waals surface area contributed by atoms with Gasteiger partial charge >= 0.3 is 0 Å². The number of thioether (sulfide) groups is 1. The van der Waals surface area contributed by atoms with Crippen LogP contribution in [0.2, 0.25) is 0 Å². The predicted octanol–water partition coefficient (Wildman–Crippen LogP) is 5.80. The maximum absolute atomic E-state index is 8.65. The number of aliphatic hydroxyl groups is 1. The smallest absolute Gasteiger partial charge is 0.0521 e. The summed E-state index contributed by atoms with van der Waals surface area (Å²) in [5.41, 5.74) is 0. The minimum Gasteiger partial charge on any atom is -0.396 e. The van der Waals surface area contributed by atoms with Crippen molar-refractivity contribution in [1.82, 2.24) is 0 Å². The maximum Gasteiger partial charge on any atom is 0.0521 e. The van der Waals surface area contributed by atoms with Crippen LogP contribution in [-0.2, 0) is 0 Å². The molecule has 0 amide bonds. The molecule has 0 aliphatic rings. The monoisotopic (exact) mass is 288 g/mol. The number of aliphatic hydroxyl groups excluding tert-OH is 1. The zero-order chi connectivity index (χ0) is 14.0. The highest BCUT2D eigenvalue weighted by atomic mass is 32.2. The van der Waals surface area contributed by atoms with E-state index >= 15 is 0 Å². The van der Waals surface area contributed by atoms with E-state index in [0.29, 0.717) is 6.61 Å². The third kappa shape index (κ3) is 18.3. The molecule has 2 heteroatoms. The van der Waals surface area contributed by atoms with Gasteiger partial charge in [-0.3, -0.25) is 0 Å². The average Bonchev–Trinajstić information content (AvgIpc) is 2.43. The van der Waals surface area contributed by atoms with Crippen LogP contribution in [-0.4, -0.2) is 23.2 Å². The Morgan fingerprint density at radius 3 is 1.42 bits per heavy atom. The topological polar surface area (TPSA) is 20.2 Å². The van der Waals surface area contributed by atoms with Crippen LogP contribution in [0.15, 0.2) is 0 Å².